The van der Waals surface area contributed by atoms with Crippen LogP contribution in [-0.4, -0.2) is 14.1 Å². The van der Waals surface area contributed by atoms with E-state index in [2.05, 4.69) is 80.6 Å². The van der Waals surface area contributed by atoms with Crippen molar-refractivity contribution in [1.82, 2.24) is 0 Å². The Morgan fingerprint density at radius 3 is 2.16 bits per heavy atom. The number of rotatable bonds is 4. The number of aryl methyl sites for hydroxylation is 2. The molecule has 0 heterocycles. The molecule has 2 heteroatoms. The Morgan fingerprint density at radius 2 is 1.53 bits per heavy atom. The zero-order valence-electron chi connectivity index (χ0n) is 12.2. The van der Waals surface area contributed by atoms with Crippen LogP contribution in [-0.2, 0) is 6.54 Å². The molecule has 0 unspecified atom stereocenters. The summed E-state index contributed by atoms with van der Waals surface area (Å²) in [4.78, 5) is 2.15. The van der Waals surface area contributed by atoms with E-state index in [4.69, 9.17) is 0 Å². The van der Waals surface area contributed by atoms with Crippen LogP contribution in [0.1, 0.15) is 16.7 Å². The molecule has 0 fully saturated rings. The quantitative estimate of drug-likeness (QED) is 0.887. The first-order valence-electron chi connectivity index (χ1n) is 6.65. The van der Waals surface area contributed by atoms with Crippen LogP contribution < -0.4 is 10.2 Å². The SMILES string of the molecule is Cc1cccc(C)c1NCc1ccccc1N(C)C. The molecule has 19 heavy (non-hydrogen) atoms. The number of hydrogen-bond acceptors (Lipinski definition) is 2. The standard InChI is InChI=1S/C17H22N2/c1-13-8-7-9-14(2)17(13)18-12-15-10-5-6-11-16(15)19(3)4/h5-11,18H,12H2,1-4H3. The maximum atomic E-state index is 3.57. The Hall–Kier alpha value is -1.96. The van der Waals surface area contributed by atoms with Crippen molar-refractivity contribution < 1.29 is 0 Å². The average molecular weight is 254 g/mol. The lowest BCUT2D eigenvalue weighted by atomic mass is 10.1. The number of para-hydroxylation sites is 2. The van der Waals surface area contributed by atoms with E-state index >= 15 is 0 Å². The van der Waals surface area contributed by atoms with Crippen molar-refractivity contribution in [2.24, 2.45) is 0 Å². The summed E-state index contributed by atoms with van der Waals surface area (Å²) >= 11 is 0. The molecule has 0 bridgehead atoms. The first-order valence-corrected chi connectivity index (χ1v) is 6.65. The van der Waals surface area contributed by atoms with Crippen LogP contribution >= 0.6 is 0 Å². The fourth-order valence-corrected chi connectivity index (χ4v) is 2.37. The summed E-state index contributed by atoms with van der Waals surface area (Å²) in [6, 6.07) is 14.9. The Morgan fingerprint density at radius 1 is 0.895 bits per heavy atom. The molecular formula is C17H22N2. The van der Waals surface area contributed by atoms with Gasteiger partial charge >= 0.3 is 0 Å². The Balaban J connectivity index is 2.19. The molecule has 2 rings (SSSR count). The zero-order valence-corrected chi connectivity index (χ0v) is 12.2. The molecule has 2 aromatic rings. The molecule has 0 saturated carbocycles. The van der Waals surface area contributed by atoms with Crippen molar-refractivity contribution in [1.29, 1.82) is 0 Å². The summed E-state index contributed by atoms with van der Waals surface area (Å²) in [5, 5.41) is 3.57. The minimum atomic E-state index is 0.847. The second-order valence-electron chi connectivity index (χ2n) is 5.14. The normalized spacial score (nSPS) is 10.3. The number of nitrogens with one attached hydrogen (secondary N) is 1. The van der Waals surface area contributed by atoms with E-state index in [9.17, 15) is 0 Å². The molecule has 0 aliphatic heterocycles. The molecule has 1 N–H and O–H groups in total. The monoisotopic (exact) mass is 254 g/mol. The van der Waals surface area contributed by atoms with Gasteiger partial charge in [0.05, 0.1) is 0 Å². The topological polar surface area (TPSA) is 15.3 Å². The van der Waals surface area contributed by atoms with E-state index in [1.165, 1.54) is 28.1 Å². The fourth-order valence-electron chi connectivity index (χ4n) is 2.37. The second-order valence-corrected chi connectivity index (χ2v) is 5.14. The largest absolute Gasteiger partial charge is 0.380 e. The van der Waals surface area contributed by atoms with E-state index in [1.807, 2.05) is 0 Å². The third-order valence-corrected chi connectivity index (χ3v) is 3.41. The molecule has 0 saturated heterocycles. The molecule has 2 aromatic carbocycles. The molecule has 0 radical (unpaired) electrons. The summed E-state index contributed by atoms with van der Waals surface area (Å²) < 4.78 is 0. The highest BCUT2D eigenvalue weighted by molar-refractivity contribution is 5.59. The maximum Gasteiger partial charge on any atom is 0.0421 e. The van der Waals surface area contributed by atoms with Gasteiger partial charge in [-0.05, 0) is 36.6 Å². The molecule has 0 aliphatic carbocycles. The van der Waals surface area contributed by atoms with Gasteiger partial charge in [0.1, 0.15) is 0 Å². The highest BCUT2D eigenvalue weighted by Gasteiger charge is 2.05. The van der Waals surface area contributed by atoms with Gasteiger partial charge in [-0.15, -0.1) is 0 Å². The number of anilines is 2. The molecular weight excluding hydrogens is 232 g/mol. The maximum absolute atomic E-state index is 3.57. The minimum Gasteiger partial charge on any atom is -0.380 e. The zero-order chi connectivity index (χ0) is 13.8. The van der Waals surface area contributed by atoms with Crippen LogP contribution in [0.25, 0.3) is 0 Å². The lowest BCUT2D eigenvalue weighted by molar-refractivity contribution is 1.06. The van der Waals surface area contributed by atoms with Gasteiger partial charge in [-0.25, -0.2) is 0 Å². The van der Waals surface area contributed by atoms with Crippen molar-refractivity contribution in [3.63, 3.8) is 0 Å². The third kappa shape index (κ3) is 3.08. The summed E-state index contributed by atoms with van der Waals surface area (Å²) in [5.74, 6) is 0. The van der Waals surface area contributed by atoms with Crippen molar-refractivity contribution >= 4 is 11.4 Å². The van der Waals surface area contributed by atoms with Crippen LogP contribution in [0.3, 0.4) is 0 Å². The number of nitrogens with zero attached hydrogens (tertiary/aromatic N) is 1. The average Bonchev–Trinajstić information content (AvgIpc) is 2.38. The van der Waals surface area contributed by atoms with Crippen LogP contribution in [0.2, 0.25) is 0 Å². The van der Waals surface area contributed by atoms with Gasteiger partial charge in [-0.2, -0.15) is 0 Å². The lowest BCUT2D eigenvalue weighted by Gasteiger charge is -2.19. The molecule has 2 nitrogen and oxygen atoms in total. The predicted octanol–water partition coefficient (Wildman–Crippen LogP) is 3.98. The van der Waals surface area contributed by atoms with E-state index in [0.29, 0.717) is 0 Å². The van der Waals surface area contributed by atoms with E-state index in [1.54, 1.807) is 0 Å². The Kier molecular flexibility index (Phi) is 4.10. The van der Waals surface area contributed by atoms with Crippen LogP contribution in [0.5, 0.6) is 0 Å². The van der Waals surface area contributed by atoms with Crippen molar-refractivity contribution in [2.75, 3.05) is 24.3 Å². The highest BCUT2D eigenvalue weighted by Crippen LogP contribution is 2.23. The van der Waals surface area contributed by atoms with Gasteiger partial charge < -0.3 is 10.2 Å². The van der Waals surface area contributed by atoms with Gasteiger partial charge in [-0.3, -0.25) is 0 Å². The van der Waals surface area contributed by atoms with Crippen molar-refractivity contribution in [3.05, 3.63) is 59.2 Å². The highest BCUT2D eigenvalue weighted by atomic mass is 15.1. The van der Waals surface area contributed by atoms with Gasteiger partial charge in [-0.1, -0.05) is 36.4 Å². The molecule has 100 valence electrons. The Labute approximate surface area is 116 Å². The molecule has 0 aliphatic rings. The van der Waals surface area contributed by atoms with Gasteiger partial charge in [0.15, 0.2) is 0 Å². The molecule has 0 amide bonds. The second kappa shape index (κ2) is 5.79. The number of hydrogen-bond donors (Lipinski definition) is 1. The Bertz CT molecular complexity index is 539. The van der Waals surface area contributed by atoms with Gasteiger partial charge in [0.2, 0.25) is 0 Å². The first kappa shape index (κ1) is 13.5. The van der Waals surface area contributed by atoms with Crippen LogP contribution in [0.15, 0.2) is 42.5 Å². The smallest absolute Gasteiger partial charge is 0.0421 e. The molecule has 0 spiro atoms. The minimum absolute atomic E-state index is 0.847. The van der Waals surface area contributed by atoms with Crippen molar-refractivity contribution in [3.8, 4) is 0 Å². The summed E-state index contributed by atoms with van der Waals surface area (Å²) in [6.45, 7) is 5.14. The van der Waals surface area contributed by atoms with E-state index in [-0.39, 0.29) is 0 Å². The van der Waals surface area contributed by atoms with Crippen molar-refractivity contribution in [2.45, 2.75) is 20.4 Å². The molecule has 0 aromatic heterocycles. The van der Waals surface area contributed by atoms with Crippen LogP contribution in [0, 0.1) is 13.8 Å². The molecule has 0 atom stereocenters. The fraction of sp³-hybridized carbons (Fsp3) is 0.294. The van der Waals surface area contributed by atoms with Crippen LogP contribution in [0.4, 0.5) is 11.4 Å². The summed E-state index contributed by atoms with van der Waals surface area (Å²) in [6.07, 6.45) is 0. The number of benzene rings is 2. The summed E-state index contributed by atoms with van der Waals surface area (Å²) in [5.41, 5.74) is 6.41. The lowest BCUT2D eigenvalue weighted by Crippen LogP contribution is -2.13. The predicted molar refractivity (Wildman–Crippen MR) is 84.0 cm³/mol. The first-order chi connectivity index (χ1) is 9.09. The summed E-state index contributed by atoms with van der Waals surface area (Å²) in [7, 11) is 4.16. The van der Waals surface area contributed by atoms with Gasteiger partial charge in [0.25, 0.3) is 0 Å². The van der Waals surface area contributed by atoms with E-state index in [0.717, 1.165) is 6.54 Å². The van der Waals surface area contributed by atoms with E-state index < -0.39 is 0 Å². The van der Waals surface area contributed by atoms with Gasteiger partial charge in [0, 0.05) is 32.0 Å². The third-order valence-electron chi connectivity index (χ3n) is 3.41.